The third-order valence-electron chi connectivity index (χ3n) is 4.45. The van der Waals surface area contributed by atoms with E-state index in [1.807, 2.05) is 0 Å². The van der Waals surface area contributed by atoms with Gasteiger partial charge in [0, 0.05) is 0 Å². The van der Waals surface area contributed by atoms with Crippen LogP contribution in [0.25, 0.3) is 0 Å². The number of hydrogen-bond donors (Lipinski definition) is 1. The molecule has 2 aromatic rings. The highest BCUT2D eigenvalue weighted by molar-refractivity contribution is 5.26. The first-order valence-electron chi connectivity index (χ1n) is 7.64. The van der Waals surface area contributed by atoms with Gasteiger partial charge in [-0.1, -0.05) is 60.2 Å². The maximum Gasteiger partial charge on any atom is -0.00115 e. The van der Waals surface area contributed by atoms with Crippen LogP contribution in [0.15, 0.2) is 54.6 Å². The molecule has 1 saturated heterocycles. The van der Waals surface area contributed by atoms with Crippen LogP contribution in [-0.2, 0) is 6.42 Å². The first-order valence-corrected chi connectivity index (χ1v) is 7.64. The van der Waals surface area contributed by atoms with Crippen molar-refractivity contribution in [2.75, 3.05) is 13.1 Å². The second kappa shape index (κ2) is 6.23. The van der Waals surface area contributed by atoms with Gasteiger partial charge in [-0.2, -0.15) is 0 Å². The Morgan fingerprint density at radius 1 is 1.00 bits per heavy atom. The molecule has 0 bridgehead atoms. The molecule has 1 heterocycles. The van der Waals surface area contributed by atoms with E-state index in [1.165, 1.54) is 29.5 Å². The van der Waals surface area contributed by atoms with E-state index in [2.05, 4.69) is 66.8 Å². The zero-order valence-corrected chi connectivity index (χ0v) is 12.2. The highest BCUT2D eigenvalue weighted by Crippen LogP contribution is 2.32. The largest absolute Gasteiger partial charge is 0.316 e. The van der Waals surface area contributed by atoms with E-state index in [4.69, 9.17) is 0 Å². The molecule has 1 fully saturated rings. The van der Waals surface area contributed by atoms with Gasteiger partial charge in [0.25, 0.3) is 0 Å². The summed E-state index contributed by atoms with van der Waals surface area (Å²) in [6.45, 7) is 4.44. The maximum atomic E-state index is 3.57. The Morgan fingerprint density at radius 2 is 1.75 bits per heavy atom. The van der Waals surface area contributed by atoms with E-state index < -0.39 is 0 Å². The lowest BCUT2D eigenvalue weighted by molar-refractivity contribution is 0.324. The van der Waals surface area contributed by atoms with Crippen LogP contribution in [0, 0.1) is 12.8 Å². The Labute approximate surface area is 122 Å². The highest BCUT2D eigenvalue weighted by atomic mass is 14.9. The van der Waals surface area contributed by atoms with Gasteiger partial charge in [-0.15, -0.1) is 0 Å². The Morgan fingerprint density at radius 3 is 2.50 bits per heavy atom. The van der Waals surface area contributed by atoms with E-state index in [0.29, 0.717) is 11.8 Å². The summed E-state index contributed by atoms with van der Waals surface area (Å²) in [4.78, 5) is 0. The van der Waals surface area contributed by atoms with Crippen LogP contribution in [0.5, 0.6) is 0 Å². The second-order valence-electron chi connectivity index (χ2n) is 5.96. The van der Waals surface area contributed by atoms with Gasteiger partial charge in [0.1, 0.15) is 0 Å². The molecular weight excluding hydrogens is 242 g/mol. The number of benzene rings is 2. The molecule has 2 atom stereocenters. The summed E-state index contributed by atoms with van der Waals surface area (Å²) in [7, 11) is 0. The first-order chi connectivity index (χ1) is 9.83. The molecule has 2 unspecified atom stereocenters. The topological polar surface area (TPSA) is 12.0 Å². The molecule has 0 aliphatic carbocycles. The van der Waals surface area contributed by atoms with Gasteiger partial charge in [-0.05, 0) is 55.8 Å². The van der Waals surface area contributed by atoms with Crippen LogP contribution in [0.4, 0.5) is 0 Å². The summed E-state index contributed by atoms with van der Waals surface area (Å²) in [6.07, 6.45) is 2.42. The first kappa shape index (κ1) is 13.4. The van der Waals surface area contributed by atoms with Crippen molar-refractivity contribution in [2.45, 2.75) is 25.7 Å². The molecule has 2 aromatic carbocycles. The highest BCUT2D eigenvalue weighted by Gasteiger charge is 2.26. The fraction of sp³-hybridized carbons (Fsp3) is 0.368. The van der Waals surface area contributed by atoms with Crippen molar-refractivity contribution in [2.24, 2.45) is 5.92 Å². The van der Waals surface area contributed by atoms with Crippen molar-refractivity contribution in [1.29, 1.82) is 0 Å². The minimum atomic E-state index is 0.692. The molecule has 1 aliphatic rings. The van der Waals surface area contributed by atoms with Gasteiger partial charge in [-0.3, -0.25) is 0 Å². The summed E-state index contributed by atoms with van der Waals surface area (Å²) >= 11 is 0. The van der Waals surface area contributed by atoms with Gasteiger partial charge in [0.2, 0.25) is 0 Å². The number of nitrogens with one attached hydrogen (secondary N) is 1. The zero-order valence-electron chi connectivity index (χ0n) is 12.2. The van der Waals surface area contributed by atoms with Gasteiger partial charge in [0.05, 0.1) is 0 Å². The van der Waals surface area contributed by atoms with E-state index >= 15 is 0 Å². The van der Waals surface area contributed by atoms with E-state index in [-0.39, 0.29) is 0 Å². The van der Waals surface area contributed by atoms with Crippen molar-refractivity contribution in [1.82, 2.24) is 5.32 Å². The van der Waals surface area contributed by atoms with Crippen LogP contribution in [0.1, 0.15) is 29.0 Å². The van der Waals surface area contributed by atoms with Crippen molar-refractivity contribution in [3.05, 3.63) is 71.3 Å². The van der Waals surface area contributed by atoms with Gasteiger partial charge in [0.15, 0.2) is 0 Å². The molecule has 1 aliphatic heterocycles. The molecule has 20 heavy (non-hydrogen) atoms. The SMILES string of the molecule is Cc1ccc(C2CCNCC2Cc2ccccc2)cc1. The van der Waals surface area contributed by atoms with Gasteiger partial charge >= 0.3 is 0 Å². The molecule has 0 spiro atoms. The van der Waals surface area contributed by atoms with Crippen molar-refractivity contribution in [3.63, 3.8) is 0 Å². The molecule has 0 saturated carbocycles. The summed E-state index contributed by atoms with van der Waals surface area (Å²) in [5.41, 5.74) is 4.32. The molecular formula is C19H23N. The fourth-order valence-corrected chi connectivity index (χ4v) is 3.31. The van der Waals surface area contributed by atoms with Crippen LogP contribution in [-0.4, -0.2) is 13.1 Å². The van der Waals surface area contributed by atoms with Crippen LogP contribution in [0.3, 0.4) is 0 Å². The van der Waals surface area contributed by atoms with Crippen LogP contribution in [0.2, 0.25) is 0 Å². The Balaban J connectivity index is 1.78. The lowest BCUT2D eigenvalue weighted by Gasteiger charge is -2.33. The van der Waals surface area contributed by atoms with E-state index in [0.717, 1.165) is 13.1 Å². The van der Waals surface area contributed by atoms with Crippen LogP contribution >= 0.6 is 0 Å². The summed E-state index contributed by atoms with van der Waals surface area (Å²) < 4.78 is 0. The number of hydrogen-bond acceptors (Lipinski definition) is 1. The average Bonchev–Trinajstić information content (AvgIpc) is 2.50. The molecule has 0 aromatic heterocycles. The minimum Gasteiger partial charge on any atom is -0.316 e. The standard InChI is InChI=1S/C19H23N/c1-15-7-9-17(10-8-15)19-11-12-20-14-18(19)13-16-5-3-2-4-6-16/h2-10,18-20H,11-14H2,1H3. The molecule has 1 N–H and O–H groups in total. The van der Waals surface area contributed by atoms with E-state index in [9.17, 15) is 0 Å². The van der Waals surface area contributed by atoms with E-state index in [1.54, 1.807) is 0 Å². The van der Waals surface area contributed by atoms with Crippen molar-refractivity contribution in [3.8, 4) is 0 Å². The molecule has 1 heteroatoms. The normalized spacial score (nSPS) is 22.6. The summed E-state index contributed by atoms with van der Waals surface area (Å²) in [5.74, 6) is 1.39. The van der Waals surface area contributed by atoms with Gasteiger partial charge in [-0.25, -0.2) is 0 Å². The third-order valence-corrected chi connectivity index (χ3v) is 4.45. The van der Waals surface area contributed by atoms with Crippen molar-refractivity contribution < 1.29 is 0 Å². The predicted octanol–water partition coefficient (Wildman–Crippen LogP) is 3.93. The quantitative estimate of drug-likeness (QED) is 0.886. The maximum absolute atomic E-state index is 3.57. The Kier molecular flexibility index (Phi) is 4.17. The third kappa shape index (κ3) is 3.10. The minimum absolute atomic E-state index is 0.692. The zero-order chi connectivity index (χ0) is 13.8. The van der Waals surface area contributed by atoms with Crippen molar-refractivity contribution >= 4 is 0 Å². The number of aryl methyl sites for hydroxylation is 1. The smallest absolute Gasteiger partial charge is 0.00115 e. The Bertz CT molecular complexity index is 529. The predicted molar refractivity (Wildman–Crippen MR) is 85.0 cm³/mol. The average molecular weight is 265 g/mol. The lowest BCUT2D eigenvalue weighted by atomic mass is 9.78. The van der Waals surface area contributed by atoms with Gasteiger partial charge < -0.3 is 5.32 Å². The molecule has 0 radical (unpaired) electrons. The summed E-state index contributed by atoms with van der Waals surface area (Å²) in [6, 6.07) is 20.0. The molecule has 1 nitrogen and oxygen atoms in total. The summed E-state index contributed by atoms with van der Waals surface area (Å²) in [5, 5.41) is 3.57. The molecule has 104 valence electrons. The molecule has 3 rings (SSSR count). The monoisotopic (exact) mass is 265 g/mol. The lowest BCUT2D eigenvalue weighted by Crippen LogP contribution is -2.36. The number of piperidine rings is 1. The van der Waals surface area contributed by atoms with Crippen LogP contribution < -0.4 is 5.32 Å². The second-order valence-corrected chi connectivity index (χ2v) is 5.96. The molecule has 0 amide bonds. The number of rotatable bonds is 3. The Hall–Kier alpha value is -1.60. The fourth-order valence-electron chi connectivity index (χ4n) is 3.31.